The van der Waals surface area contributed by atoms with Gasteiger partial charge in [0.2, 0.25) is 0 Å². The van der Waals surface area contributed by atoms with Gasteiger partial charge in [-0.1, -0.05) is 30.3 Å². The van der Waals surface area contributed by atoms with E-state index in [1.807, 2.05) is 30.3 Å². The van der Waals surface area contributed by atoms with Gasteiger partial charge < -0.3 is 4.74 Å². The number of ether oxygens (including phenoxy) is 1. The van der Waals surface area contributed by atoms with Crippen LogP contribution in [0.2, 0.25) is 0 Å². The van der Waals surface area contributed by atoms with E-state index in [0.29, 0.717) is 4.90 Å². The molecule has 0 fully saturated rings. The first-order valence-electron chi connectivity index (χ1n) is 6.37. The van der Waals surface area contributed by atoms with Crippen LogP contribution >= 0.6 is 12.6 Å². The molecule has 5 nitrogen and oxygen atoms in total. The lowest BCUT2D eigenvalue weighted by Crippen LogP contribution is -2.14. The van der Waals surface area contributed by atoms with Crippen molar-refractivity contribution in [2.24, 2.45) is 0 Å². The standard InChI is InChI=1S/C15H15NO4S2/c1-22(18,19)12-7-8-14(21)13(9-12)16-15(17)20-10-11-5-3-2-4-6-11/h2-9,21H,10H2,1H3,(H,16,17). The Bertz CT molecular complexity index is 773. The van der Waals surface area contributed by atoms with Crippen molar-refractivity contribution in [2.75, 3.05) is 11.6 Å². The largest absolute Gasteiger partial charge is 0.444 e. The lowest BCUT2D eigenvalue weighted by molar-refractivity contribution is 0.155. The van der Waals surface area contributed by atoms with Gasteiger partial charge in [-0.15, -0.1) is 12.6 Å². The lowest BCUT2D eigenvalue weighted by Gasteiger charge is -2.10. The fraction of sp³-hybridized carbons (Fsp3) is 0.133. The highest BCUT2D eigenvalue weighted by Gasteiger charge is 2.12. The maximum Gasteiger partial charge on any atom is 0.411 e. The van der Waals surface area contributed by atoms with E-state index in [0.717, 1.165) is 11.8 Å². The van der Waals surface area contributed by atoms with Gasteiger partial charge in [0.25, 0.3) is 0 Å². The van der Waals surface area contributed by atoms with Crippen molar-refractivity contribution in [3.8, 4) is 0 Å². The van der Waals surface area contributed by atoms with Crippen molar-refractivity contribution in [3.05, 3.63) is 54.1 Å². The summed E-state index contributed by atoms with van der Waals surface area (Å²) in [4.78, 5) is 12.3. The summed E-state index contributed by atoms with van der Waals surface area (Å²) in [5.74, 6) is 0. The molecule has 0 unspecified atom stereocenters. The van der Waals surface area contributed by atoms with Crippen LogP contribution in [-0.4, -0.2) is 20.8 Å². The van der Waals surface area contributed by atoms with Crippen molar-refractivity contribution < 1.29 is 17.9 Å². The Balaban J connectivity index is 2.05. The van der Waals surface area contributed by atoms with E-state index >= 15 is 0 Å². The molecular formula is C15H15NO4S2. The minimum absolute atomic E-state index is 0.101. The molecule has 0 aliphatic heterocycles. The molecular weight excluding hydrogens is 322 g/mol. The summed E-state index contributed by atoms with van der Waals surface area (Å²) in [6.45, 7) is 0.125. The quantitative estimate of drug-likeness (QED) is 0.841. The number of nitrogens with one attached hydrogen (secondary N) is 1. The molecule has 0 heterocycles. The third kappa shape index (κ3) is 4.51. The number of carbonyl (C=O) groups is 1. The summed E-state index contributed by atoms with van der Waals surface area (Å²) in [5, 5.41) is 2.49. The van der Waals surface area contributed by atoms with Crippen LogP contribution in [-0.2, 0) is 21.2 Å². The molecule has 0 saturated heterocycles. The van der Waals surface area contributed by atoms with Gasteiger partial charge in [0.05, 0.1) is 10.6 Å². The molecule has 0 saturated carbocycles. The summed E-state index contributed by atoms with van der Waals surface area (Å²) in [6, 6.07) is 13.5. The average Bonchev–Trinajstić information content (AvgIpc) is 2.47. The van der Waals surface area contributed by atoms with Gasteiger partial charge in [-0.25, -0.2) is 13.2 Å². The first-order valence-corrected chi connectivity index (χ1v) is 8.71. The molecule has 0 atom stereocenters. The smallest absolute Gasteiger partial charge is 0.411 e. The Labute approximate surface area is 134 Å². The second-order valence-corrected chi connectivity index (χ2v) is 7.14. The third-order valence-electron chi connectivity index (χ3n) is 2.85. The van der Waals surface area contributed by atoms with Crippen LogP contribution in [0.25, 0.3) is 0 Å². The highest BCUT2D eigenvalue weighted by Crippen LogP contribution is 2.24. The van der Waals surface area contributed by atoms with Crippen LogP contribution in [0.15, 0.2) is 58.3 Å². The summed E-state index contributed by atoms with van der Waals surface area (Å²) >= 11 is 4.19. The molecule has 2 aromatic carbocycles. The van der Waals surface area contributed by atoms with Crippen molar-refractivity contribution >= 4 is 34.2 Å². The molecule has 0 aliphatic carbocycles. The SMILES string of the molecule is CS(=O)(=O)c1ccc(S)c(NC(=O)OCc2ccccc2)c1. The second-order valence-electron chi connectivity index (χ2n) is 4.64. The number of benzene rings is 2. The Hall–Kier alpha value is -1.99. The zero-order chi connectivity index (χ0) is 16.2. The van der Waals surface area contributed by atoms with Crippen LogP contribution in [0.3, 0.4) is 0 Å². The topological polar surface area (TPSA) is 72.5 Å². The Morgan fingerprint density at radius 3 is 2.50 bits per heavy atom. The normalized spacial score (nSPS) is 11.0. The van der Waals surface area contributed by atoms with Crippen LogP contribution in [0.1, 0.15) is 5.56 Å². The first-order chi connectivity index (χ1) is 10.4. The Morgan fingerprint density at radius 2 is 1.86 bits per heavy atom. The van der Waals surface area contributed by atoms with E-state index in [1.54, 1.807) is 0 Å². The van der Waals surface area contributed by atoms with Crippen molar-refractivity contribution in [1.82, 2.24) is 0 Å². The van der Waals surface area contributed by atoms with Gasteiger partial charge in [0.15, 0.2) is 9.84 Å². The molecule has 116 valence electrons. The maximum atomic E-state index is 11.8. The third-order valence-corrected chi connectivity index (χ3v) is 4.35. The van der Waals surface area contributed by atoms with Crippen LogP contribution in [0.5, 0.6) is 0 Å². The number of hydrogen-bond donors (Lipinski definition) is 2. The predicted octanol–water partition coefficient (Wildman–Crippen LogP) is 3.13. The lowest BCUT2D eigenvalue weighted by atomic mass is 10.2. The minimum atomic E-state index is -3.36. The van der Waals surface area contributed by atoms with Gasteiger partial charge in [-0.3, -0.25) is 5.32 Å². The first kappa shape index (κ1) is 16.4. The number of amides is 1. The van der Waals surface area contributed by atoms with Crippen LogP contribution in [0.4, 0.5) is 10.5 Å². The number of hydrogen-bond acceptors (Lipinski definition) is 5. The second kappa shape index (κ2) is 6.85. The zero-order valence-electron chi connectivity index (χ0n) is 11.8. The number of sulfone groups is 1. The highest BCUT2D eigenvalue weighted by atomic mass is 32.2. The van der Waals surface area contributed by atoms with Crippen LogP contribution in [0, 0.1) is 0 Å². The summed E-state index contributed by atoms with van der Waals surface area (Å²) in [6.07, 6.45) is 0.419. The number of anilines is 1. The van der Waals surface area contributed by atoms with Gasteiger partial charge in [-0.2, -0.15) is 0 Å². The highest BCUT2D eigenvalue weighted by molar-refractivity contribution is 7.90. The molecule has 1 N–H and O–H groups in total. The fourth-order valence-electron chi connectivity index (χ4n) is 1.72. The van der Waals surface area contributed by atoms with Gasteiger partial charge in [0, 0.05) is 11.2 Å². The van der Waals surface area contributed by atoms with Gasteiger partial charge in [0.1, 0.15) is 6.61 Å². The summed E-state index contributed by atoms with van der Waals surface area (Å²) in [7, 11) is -3.36. The molecule has 2 aromatic rings. The van der Waals surface area contributed by atoms with E-state index in [1.165, 1.54) is 18.2 Å². The molecule has 0 aromatic heterocycles. The van der Waals surface area contributed by atoms with Crippen molar-refractivity contribution in [1.29, 1.82) is 0 Å². The number of rotatable bonds is 4. The Morgan fingerprint density at radius 1 is 1.18 bits per heavy atom. The van der Waals surface area contributed by atoms with Crippen LogP contribution < -0.4 is 5.32 Å². The number of carbonyl (C=O) groups excluding carboxylic acids is 1. The van der Waals surface area contributed by atoms with Gasteiger partial charge >= 0.3 is 6.09 Å². The summed E-state index contributed by atoms with van der Waals surface area (Å²) < 4.78 is 28.1. The molecule has 0 aliphatic rings. The van der Waals surface area contributed by atoms with E-state index in [4.69, 9.17) is 4.74 Å². The van der Waals surface area contributed by atoms with E-state index < -0.39 is 15.9 Å². The zero-order valence-corrected chi connectivity index (χ0v) is 13.5. The van der Waals surface area contributed by atoms with E-state index in [2.05, 4.69) is 17.9 Å². The minimum Gasteiger partial charge on any atom is -0.444 e. The number of thiol groups is 1. The molecule has 2 rings (SSSR count). The van der Waals surface area contributed by atoms with E-state index in [9.17, 15) is 13.2 Å². The van der Waals surface area contributed by atoms with Crippen molar-refractivity contribution in [3.63, 3.8) is 0 Å². The molecule has 1 amide bonds. The predicted molar refractivity (Wildman–Crippen MR) is 87.1 cm³/mol. The Kier molecular flexibility index (Phi) is 5.10. The molecule has 0 radical (unpaired) electrons. The molecule has 0 spiro atoms. The van der Waals surface area contributed by atoms with Gasteiger partial charge in [-0.05, 0) is 23.8 Å². The average molecular weight is 337 g/mol. The van der Waals surface area contributed by atoms with Crippen molar-refractivity contribution in [2.45, 2.75) is 16.4 Å². The molecule has 0 bridgehead atoms. The maximum absolute atomic E-state index is 11.8. The van der Waals surface area contributed by atoms with E-state index in [-0.39, 0.29) is 17.2 Å². The molecule has 22 heavy (non-hydrogen) atoms. The monoisotopic (exact) mass is 337 g/mol. The fourth-order valence-corrected chi connectivity index (χ4v) is 2.56. The summed E-state index contributed by atoms with van der Waals surface area (Å²) in [5.41, 5.74) is 1.14. The molecule has 7 heteroatoms.